The molecule has 0 amide bonds. The molecule has 0 aromatic heterocycles. The van der Waals surface area contributed by atoms with Crippen LogP contribution in [-0.4, -0.2) is 52.5 Å². The van der Waals surface area contributed by atoms with Crippen molar-refractivity contribution in [1.82, 2.24) is 4.90 Å². The molecule has 4 nitrogen and oxygen atoms in total. The average Bonchev–Trinajstić information content (AvgIpc) is 3.00. The zero-order valence-electron chi connectivity index (χ0n) is 13.4. The Bertz CT molecular complexity index is 483. The summed E-state index contributed by atoms with van der Waals surface area (Å²) in [5.74, 6) is 1.56. The van der Waals surface area contributed by atoms with Crippen molar-refractivity contribution in [2.45, 2.75) is 68.0 Å². The summed E-state index contributed by atoms with van der Waals surface area (Å²) in [6.45, 7) is 1.14. The third-order valence-corrected chi connectivity index (χ3v) is 7.34. The van der Waals surface area contributed by atoms with Crippen molar-refractivity contribution >= 4 is 17.4 Å². The summed E-state index contributed by atoms with van der Waals surface area (Å²) >= 11 is 6.42. The highest BCUT2D eigenvalue weighted by Gasteiger charge is 2.60. The molecule has 7 atom stereocenters. The lowest BCUT2D eigenvalue weighted by molar-refractivity contribution is -0.0619. The number of rotatable bonds is 1. The number of nitrogens with zero attached hydrogens (tertiary/aromatic N) is 2. The fraction of sp³-hybridized carbons (Fsp3) is 0.941. The zero-order valence-corrected chi connectivity index (χ0v) is 14.2. The Hall–Kier alpha value is -0.320. The molecule has 7 unspecified atom stereocenters. The van der Waals surface area contributed by atoms with Crippen LogP contribution in [0.3, 0.4) is 0 Å². The fourth-order valence-electron chi connectivity index (χ4n) is 5.92. The largest absolute Gasteiger partial charge is 0.385 e. The monoisotopic (exact) mass is 325 g/mol. The molecule has 2 aliphatic heterocycles. The molecule has 2 heterocycles. The van der Waals surface area contributed by atoms with Crippen LogP contribution in [0.2, 0.25) is 0 Å². The molecule has 4 aliphatic rings. The van der Waals surface area contributed by atoms with Crippen molar-refractivity contribution in [3.8, 4) is 0 Å². The second kappa shape index (κ2) is 5.35. The molecular formula is C17H28ClN3O. The molecule has 0 spiro atoms. The Balaban J connectivity index is 1.68. The Labute approximate surface area is 138 Å². The van der Waals surface area contributed by atoms with Gasteiger partial charge in [0, 0.05) is 23.3 Å². The van der Waals surface area contributed by atoms with Gasteiger partial charge in [-0.3, -0.25) is 4.99 Å². The Morgan fingerprint density at radius 1 is 1.23 bits per heavy atom. The SMILES string of the molecule is CN1CCC2CCCC(C3(O)C(N)=NC4CCC(Cl)CC43)C21. The summed E-state index contributed by atoms with van der Waals surface area (Å²) in [5.41, 5.74) is 5.39. The van der Waals surface area contributed by atoms with Gasteiger partial charge in [0.05, 0.1) is 6.04 Å². The van der Waals surface area contributed by atoms with Crippen LogP contribution in [0.1, 0.15) is 44.9 Å². The highest BCUT2D eigenvalue weighted by atomic mass is 35.5. The van der Waals surface area contributed by atoms with Crippen LogP contribution in [0.4, 0.5) is 0 Å². The highest BCUT2D eigenvalue weighted by molar-refractivity contribution is 6.20. The van der Waals surface area contributed by atoms with Crippen LogP contribution in [-0.2, 0) is 0 Å². The van der Waals surface area contributed by atoms with Crippen LogP contribution in [0, 0.1) is 17.8 Å². The lowest BCUT2D eigenvalue weighted by atomic mass is 9.62. The van der Waals surface area contributed by atoms with E-state index in [1.807, 2.05) is 0 Å². The minimum Gasteiger partial charge on any atom is -0.385 e. The molecule has 0 aromatic carbocycles. The van der Waals surface area contributed by atoms with Gasteiger partial charge in [0.15, 0.2) is 0 Å². The molecule has 0 bridgehead atoms. The first-order chi connectivity index (χ1) is 10.5. The van der Waals surface area contributed by atoms with Crippen molar-refractivity contribution < 1.29 is 5.11 Å². The predicted octanol–water partition coefficient (Wildman–Crippen LogP) is 1.98. The first-order valence-electron chi connectivity index (χ1n) is 8.92. The lowest BCUT2D eigenvalue weighted by Crippen LogP contribution is -2.61. The number of alkyl halides is 1. The van der Waals surface area contributed by atoms with Gasteiger partial charge < -0.3 is 15.7 Å². The maximum Gasteiger partial charge on any atom is 0.130 e. The van der Waals surface area contributed by atoms with Crippen LogP contribution in [0.25, 0.3) is 0 Å². The number of nitrogens with two attached hydrogens (primary N) is 1. The van der Waals surface area contributed by atoms with Crippen LogP contribution < -0.4 is 5.73 Å². The van der Waals surface area contributed by atoms with Gasteiger partial charge in [0.25, 0.3) is 0 Å². The molecule has 0 aromatic rings. The van der Waals surface area contributed by atoms with Crippen LogP contribution >= 0.6 is 11.6 Å². The van der Waals surface area contributed by atoms with E-state index in [0.717, 1.165) is 38.1 Å². The number of halogens is 1. The van der Waals surface area contributed by atoms with E-state index in [9.17, 15) is 5.11 Å². The molecule has 22 heavy (non-hydrogen) atoms. The smallest absolute Gasteiger partial charge is 0.130 e. The number of fused-ring (bicyclic) bond motifs is 2. The van der Waals surface area contributed by atoms with Crippen LogP contribution in [0.5, 0.6) is 0 Å². The summed E-state index contributed by atoms with van der Waals surface area (Å²) in [6.07, 6.45) is 7.64. The summed E-state index contributed by atoms with van der Waals surface area (Å²) in [7, 11) is 2.21. The van der Waals surface area contributed by atoms with Gasteiger partial charge in [-0.25, -0.2) is 0 Å². The van der Waals surface area contributed by atoms with E-state index < -0.39 is 5.60 Å². The second-order valence-electron chi connectivity index (χ2n) is 7.98. The van der Waals surface area contributed by atoms with Gasteiger partial charge in [-0.05, 0) is 58.0 Å². The van der Waals surface area contributed by atoms with Crippen molar-refractivity contribution in [2.75, 3.05) is 13.6 Å². The normalized spacial score (nSPS) is 52.2. The van der Waals surface area contributed by atoms with E-state index in [4.69, 9.17) is 17.3 Å². The molecule has 3 N–H and O–H groups in total. The van der Waals surface area contributed by atoms with Crippen molar-refractivity contribution in [1.29, 1.82) is 0 Å². The number of hydrogen-bond acceptors (Lipinski definition) is 4. The maximum absolute atomic E-state index is 11.7. The lowest BCUT2D eigenvalue weighted by Gasteiger charge is -2.48. The number of aliphatic imine (C=N–C) groups is 1. The fourth-order valence-corrected chi connectivity index (χ4v) is 6.24. The van der Waals surface area contributed by atoms with Gasteiger partial charge >= 0.3 is 0 Å². The molecule has 1 saturated heterocycles. The summed E-state index contributed by atoms with van der Waals surface area (Å²) in [5, 5.41) is 11.9. The number of hydrogen-bond donors (Lipinski definition) is 2. The molecule has 0 radical (unpaired) electrons. The van der Waals surface area contributed by atoms with E-state index >= 15 is 0 Å². The van der Waals surface area contributed by atoms with E-state index in [1.54, 1.807) is 0 Å². The van der Waals surface area contributed by atoms with Gasteiger partial charge in [-0.1, -0.05) is 6.42 Å². The summed E-state index contributed by atoms with van der Waals surface area (Å²) in [4.78, 5) is 7.13. The first-order valence-corrected chi connectivity index (χ1v) is 9.36. The Morgan fingerprint density at radius 2 is 2.05 bits per heavy atom. The minimum atomic E-state index is -0.930. The third-order valence-electron chi connectivity index (χ3n) is 6.94. The van der Waals surface area contributed by atoms with Crippen LogP contribution in [0.15, 0.2) is 4.99 Å². The molecule has 124 valence electrons. The molecule has 2 saturated carbocycles. The zero-order chi connectivity index (χ0) is 15.5. The molecule has 3 fully saturated rings. The second-order valence-corrected chi connectivity index (χ2v) is 8.60. The molecule has 4 rings (SSSR count). The van der Waals surface area contributed by atoms with Crippen molar-refractivity contribution in [2.24, 2.45) is 28.5 Å². The van der Waals surface area contributed by atoms with Crippen molar-refractivity contribution in [3.05, 3.63) is 0 Å². The predicted molar refractivity (Wildman–Crippen MR) is 89.2 cm³/mol. The maximum atomic E-state index is 11.7. The quantitative estimate of drug-likeness (QED) is 0.725. The Kier molecular flexibility index (Phi) is 3.70. The minimum absolute atomic E-state index is 0.126. The van der Waals surface area contributed by atoms with E-state index in [2.05, 4.69) is 16.9 Å². The number of amidine groups is 1. The van der Waals surface area contributed by atoms with E-state index in [-0.39, 0.29) is 23.3 Å². The van der Waals surface area contributed by atoms with Gasteiger partial charge in [-0.2, -0.15) is 0 Å². The molecule has 5 heteroatoms. The standard InChI is InChI=1S/C17H28ClN3O/c1-21-8-7-10-3-2-4-12(15(10)21)17(22)13-9-11(18)5-6-14(13)20-16(17)19/h10-15,22H,2-9H2,1H3,(H2,19,20). The van der Waals surface area contributed by atoms with E-state index in [0.29, 0.717) is 11.9 Å². The highest BCUT2D eigenvalue weighted by Crippen LogP contribution is 2.51. The number of likely N-dealkylation sites (tertiary alicyclic amines) is 1. The van der Waals surface area contributed by atoms with Gasteiger partial charge in [-0.15, -0.1) is 11.6 Å². The van der Waals surface area contributed by atoms with E-state index in [1.165, 1.54) is 19.3 Å². The summed E-state index contributed by atoms with van der Waals surface area (Å²) in [6, 6.07) is 0.647. The summed E-state index contributed by atoms with van der Waals surface area (Å²) < 4.78 is 0. The van der Waals surface area contributed by atoms with Gasteiger partial charge in [0.1, 0.15) is 11.4 Å². The first kappa shape index (κ1) is 15.2. The Morgan fingerprint density at radius 3 is 2.86 bits per heavy atom. The topological polar surface area (TPSA) is 61.8 Å². The molecular weight excluding hydrogens is 298 g/mol. The molecule has 2 aliphatic carbocycles. The van der Waals surface area contributed by atoms with Crippen molar-refractivity contribution in [3.63, 3.8) is 0 Å². The van der Waals surface area contributed by atoms with Gasteiger partial charge in [0.2, 0.25) is 0 Å². The average molecular weight is 326 g/mol. The number of aliphatic hydroxyl groups is 1. The third kappa shape index (κ3) is 2.06.